The number of hydrogen-bond acceptors (Lipinski definition) is 0. The van der Waals surface area contributed by atoms with Crippen LogP contribution in [-0.4, -0.2) is 0 Å². The van der Waals surface area contributed by atoms with Gasteiger partial charge < -0.3 is 0 Å². The first kappa shape index (κ1) is 21.7. The van der Waals surface area contributed by atoms with Crippen LogP contribution in [0.2, 0.25) is 0 Å². The Bertz CT molecular complexity index is 2290. The molecule has 0 aromatic heterocycles. The van der Waals surface area contributed by atoms with E-state index < -0.39 is 0 Å². The third-order valence-corrected chi connectivity index (χ3v) is 8.79. The molecular weight excluding hydrogens is 480 g/mol. The average molecular weight is 505 g/mol. The Labute approximate surface area is 232 Å². The molecule has 184 valence electrons. The van der Waals surface area contributed by atoms with E-state index in [1.807, 2.05) is 0 Å². The smallest absolute Gasteiger partial charge is 0.00201 e. The van der Waals surface area contributed by atoms with Crippen molar-refractivity contribution in [3.8, 4) is 44.5 Å². The van der Waals surface area contributed by atoms with Gasteiger partial charge in [-0.25, -0.2) is 0 Å². The van der Waals surface area contributed by atoms with E-state index in [-0.39, 0.29) is 0 Å². The van der Waals surface area contributed by atoms with Crippen molar-refractivity contribution < 1.29 is 0 Å². The highest BCUT2D eigenvalue weighted by molar-refractivity contribution is 6.25. The summed E-state index contributed by atoms with van der Waals surface area (Å²) in [5, 5.41) is 10.5. The van der Waals surface area contributed by atoms with Crippen LogP contribution in [0.25, 0.3) is 87.6 Å². The summed E-state index contributed by atoms with van der Waals surface area (Å²) in [6, 6.07) is 53.7. The second-order valence-corrected chi connectivity index (χ2v) is 10.9. The van der Waals surface area contributed by atoms with Crippen molar-refractivity contribution in [2.45, 2.75) is 0 Å². The van der Waals surface area contributed by atoms with Crippen molar-refractivity contribution >= 4 is 43.1 Å². The van der Waals surface area contributed by atoms with Crippen LogP contribution in [0.5, 0.6) is 0 Å². The lowest BCUT2D eigenvalue weighted by molar-refractivity contribution is 1.66. The molecule has 0 atom stereocenters. The van der Waals surface area contributed by atoms with Gasteiger partial charge in [0.2, 0.25) is 0 Å². The standard InChI is InChI=1S/C40H24/c1-3-10-25(11-4-1)28-20-21-34-39-24-36-27(22-37(39)33-17-9-16-32(28)40(33)34)18-19-31-29-14-7-8-15-30(29)35(23-38(31)36)26-12-5-2-6-13-26/h1-24H. The third kappa shape index (κ3) is 2.96. The summed E-state index contributed by atoms with van der Waals surface area (Å²) < 4.78 is 0. The highest BCUT2D eigenvalue weighted by atomic mass is 14.3. The van der Waals surface area contributed by atoms with Crippen LogP contribution in [0.4, 0.5) is 0 Å². The second kappa shape index (κ2) is 8.15. The van der Waals surface area contributed by atoms with Crippen LogP contribution in [0.15, 0.2) is 146 Å². The van der Waals surface area contributed by atoms with E-state index in [0.717, 1.165) is 0 Å². The van der Waals surface area contributed by atoms with E-state index in [1.54, 1.807) is 0 Å². The van der Waals surface area contributed by atoms with Gasteiger partial charge in [0, 0.05) is 0 Å². The van der Waals surface area contributed by atoms with E-state index in [0.29, 0.717) is 0 Å². The summed E-state index contributed by atoms with van der Waals surface area (Å²) >= 11 is 0. The van der Waals surface area contributed by atoms with Crippen LogP contribution in [0, 0.1) is 0 Å². The van der Waals surface area contributed by atoms with Gasteiger partial charge in [0.1, 0.15) is 0 Å². The Morgan fingerprint density at radius 2 is 0.825 bits per heavy atom. The quantitative estimate of drug-likeness (QED) is 0.205. The molecule has 0 spiro atoms. The normalized spacial score (nSPS) is 12.0. The summed E-state index contributed by atoms with van der Waals surface area (Å²) in [5.74, 6) is 0. The lowest BCUT2D eigenvalue weighted by Gasteiger charge is -2.14. The molecule has 0 amide bonds. The fraction of sp³-hybridized carbons (Fsp3) is 0. The van der Waals surface area contributed by atoms with Crippen molar-refractivity contribution in [2.24, 2.45) is 0 Å². The number of fused-ring (bicyclic) bond motifs is 8. The van der Waals surface area contributed by atoms with Gasteiger partial charge in [-0.2, -0.15) is 0 Å². The van der Waals surface area contributed by atoms with Crippen LogP contribution >= 0.6 is 0 Å². The highest BCUT2D eigenvalue weighted by Crippen LogP contribution is 2.51. The zero-order valence-corrected chi connectivity index (χ0v) is 21.9. The number of rotatable bonds is 2. The molecule has 9 rings (SSSR count). The molecule has 0 heterocycles. The van der Waals surface area contributed by atoms with Gasteiger partial charge in [-0.3, -0.25) is 0 Å². The number of benzene rings is 8. The van der Waals surface area contributed by atoms with Gasteiger partial charge >= 0.3 is 0 Å². The zero-order valence-electron chi connectivity index (χ0n) is 21.9. The van der Waals surface area contributed by atoms with Crippen molar-refractivity contribution in [3.63, 3.8) is 0 Å². The van der Waals surface area contributed by atoms with E-state index in [2.05, 4.69) is 146 Å². The summed E-state index contributed by atoms with van der Waals surface area (Å²) in [4.78, 5) is 0. The molecule has 0 nitrogen and oxygen atoms in total. The van der Waals surface area contributed by atoms with Crippen molar-refractivity contribution in [1.29, 1.82) is 0 Å². The Hall–Kier alpha value is -5.20. The molecule has 1 aliphatic rings. The molecule has 0 aliphatic heterocycles. The topological polar surface area (TPSA) is 0 Å². The first-order valence-corrected chi connectivity index (χ1v) is 13.9. The lowest BCUT2D eigenvalue weighted by atomic mass is 9.89. The lowest BCUT2D eigenvalue weighted by Crippen LogP contribution is -1.87. The molecule has 0 radical (unpaired) electrons. The maximum absolute atomic E-state index is 2.45. The molecule has 0 heteroatoms. The molecule has 0 unspecified atom stereocenters. The molecule has 8 aromatic carbocycles. The Morgan fingerprint density at radius 3 is 1.62 bits per heavy atom. The fourth-order valence-electron chi connectivity index (χ4n) is 6.99. The minimum atomic E-state index is 1.25. The molecule has 0 saturated heterocycles. The van der Waals surface area contributed by atoms with Crippen molar-refractivity contribution in [2.75, 3.05) is 0 Å². The largest absolute Gasteiger partial charge is 0.0622 e. The fourth-order valence-corrected chi connectivity index (χ4v) is 6.99. The first-order chi connectivity index (χ1) is 19.8. The summed E-state index contributed by atoms with van der Waals surface area (Å²) in [7, 11) is 0. The van der Waals surface area contributed by atoms with Crippen molar-refractivity contribution in [3.05, 3.63) is 146 Å². The molecule has 1 aliphatic carbocycles. The van der Waals surface area contributed by atoms with Crippen LogP contribution in [-0.2, 0) is 0 Å². The number of hydrogen-bond donors (Lipinski definition) is 0. The molecule has 0 N–H and O–H groups in total. The Balaban J connectivity index is 1.36. The zero-order chi connectivity index (χ0) is 26.2. The van der Waals surface area contributed by atoms with E-state index in [4.69, 9.17) is 0 Å². The summed E-state index contributed by atoms with van der Waals surface area (Å²) in [6.45, 7) is 0. The molecule has 8 aromatic rings. The van der Waals surface area contributed by atoms with Crippen molar-refractivity contribution in [1.82, 2.24) is 0 Å². The maximum Gasteiger partial charge on any atom is -0.00201 e. The minimum absolute atomic E-state index is 1.25. The molecule has 0 bridgehead atoms. The average Bonchev–Trinajstić information content (AvgIpc) is 3.34. The maximum atomic E-state index is 2.45. The third-order valence-electron chi connectivity index (χ3n) is 8.79. The first-order valence-electron chi connectivity index (χ1n) is 13.9. The van der Waals surface area contributed by atoms with Gasteiger partial charge in [0.15, 0.2) is 0 Å². The van der Waals surface area contributed by atoms with E-state index >= 15 is 0 Å². The van der Waals surface area contributed by atoms with Gasteiger partial charge in [-0.1, -0.05) is 127 Å². The van der Waals surface area contributed by atoms with E-state index in [9.17, 15) is 0 Å². The predicted molar refractivity (Wildman–Crippen MR) is 172 cm³/mol. The predicted octanol–water partition coefficient (Wildman–Crippen LogP) is 11.3. The van der Waals surface area contributed by atoms with Crippen LogP contribution in [0.1, 0.15) is 0 Å². The molecule has 0 fully saturated rings. The second-order valence-electron chi connectivity index (χ2n) is 10.9. The van der Waals surface area contributed by atoms with Gasteiger partial charge in [0.05, 0.1) is 0 Å². The monoisotopic (exact) mass is 504 g/mol. The van der Waals surface area contributed by atoms with E-state index in [1.165, 1.54) is 87.6 Å². The molecule has 40 heavy (non-hydrogen) atoms. The molecular formula is C40H24. The Morgan fingerprint density at radius 1 is 0.250 bits per heavy atom. The SMILES string of the molecule is c1ccc(-c2ccc3c4c(cccc24)-c2cc4ccc5c6ccccc6c(-c6ccccc6)cc5c4cc2-3)cc1. The highest BCUT2D eigenvalue weighted by Gasteiger charge is 2.24. The molecule has 0 saturated carbocycles. The minimum Gasteiger partial charge on any atom is -0.0622 e. The summed E-state index contributed by atoms with van der Waals surface area (Å²) in [5.41, 5.74) is 10.4. The summed E-state index contributed by atoms with van der Waals surface area (Å²) in [6.07, 6.45) is 0. The van der Waals surface area contributed by atoms with Gasteiger partial charge in [0.25, 0.3) is 0 Å². The van der Waals surface area contributed by atoms with Crippen LogP contribution in [0.3, 0.4) is 0 Å². The van der Waals surface area contributed by atoms with Gasteiger partial charge in [-0.05, 0) is 106 Å². The van der Waals surface area contributed by atoms with Crippen LogP contribution < -0.4 is 0 Å². The Kier molecular flexibility index (Phi) is 4.42. The van der Waals surface area contributed by atoms with Gasteiger partial charge in [-0.15, -0.1) is 0 Å².